The second kappa shape index (κ2) is 13.0. The number of ether oxygens (including phenoxy) is 1. The Hall–Kier alpha value is -3.02. The number of unbranched alkanes of at least 4 members (excludes halogenated alkanes) is 8. The molecular weight excluding hydrogens is 426 g/mol. The Kier molecular flexibility index (Phi) is 9.80. The van der Waals surface area contributed by atoms with E-state index in [0.29, 0.717) is 23.7 Å². The van der Waals surface area contributed by atoms with Crippen LogP contribution >= 0.6 is 0 Å². The van der Waals surface area contributed by atoms with Gasteiger partial charge in [-0.05, 0) is 57.0 Å². The van der Waals surface area contributed by atoms with Gasteiger partial charge in [0, 0.05) is 11.4 Å². The van der Waals surface area contributed by atoms with Crippen LogP contribution in [-0.2, 0) is 0 Å². The molecule has 0 saturated heterocycles. The molecule has 3 heterocycles. The summed E-state index contributed by atoms with van der Waals surface area (Å²) in [5.74, 6) is -0.677. The lowest BCUT2D eigenvalue weighted by Crippen LogP contribution is -2.02. The van der Waals surface area contributed by atoms with Gasteiger partial charge in [-0.3, -0.25) is 4.99 Å². The number of carboxylic acid groups (broad SMARTS) is 1. The van der Waals surface area contributed by atoms with E-state index < -0.39 is 5.97 Å². The minimum atomic E-state index is -1.02. The Balaban J connectivity index is 1.64. The van der Waals surface area contributed by atoms with Crippen LogP contribution in [-0.4, -0.2) is 33.4 Å². The Morgan fingerprint density at radius 1 is 1.00 bits per heavy atom. The van der Waals surface area contributed by atoms with Gasteiger partial charge in [0.15, 0.2) is 5.75 Å². The van der Waals surface area contributed by atoms with Crippen molar-refractivity contribution in [3.05, 3.63) is 46.9 Å². The number of nitrogens with zero attached hydrogens (tertiary/aromatic N) is 1. The van der Waals surface area contributed by atoms with Crippen LogP contribution in [0.25, 0.3) is 17.5 Å². The molecule has 0 aromatic carbocycles. The summed E-state index contributed by atoms with van der Waals surface area (Å²) in [6, 6.07) is 3.79. The number of carbonyl (C=O) groups is 1. The van der Waals surface area contributed by atoms with Gasteiger partial charge < -0.3 is 19.8 Å². The first-order valence-electron chi connectivity index (χ1n) is 12.8. The second-order valence-corrected chi connectivity index (χ2v) is 9.00. The summed E-state index contributed by atoms with van der Waals surface area (Å²) < 4.78 is 5.77. The maximum absolute atomic E-state index is 12.1. The summed E-state index contributed by atoms with van der Waals surface area (Å²) in [7, 11) is 0. The monoisotopic (exact) mass is 465 g/mol. The van der Waals surface area contributed by atoms with Crippen molar-refractivity contribution >= 4 is 17.8 Å². The van der Waals surface area contributed by atoms with Crippen molar-refractivity contribution in [3.63, 3.8) is 0 Å². The van der Waals surface area contributed by atoms with Crippen molar-refractivity contribution in [2.24, 2.45) is 4.99 Å². The number of aromatic amines is 2. The fourth-order valence-corrected chi connectivity index (χ4v) is 4.36. The maximum Gasteiger partial charge on any atom is 0.341 e. The minimum Gasteiger partial charge on any atom is -0.491 e. The summed E-state index contributed by atoms with van der Waals surface area (Å²) >= 11 is 0. The molecule has 0 spiro atoms. The molecule has 0 saturated carbocycles. The predicted molar refractivity (Wildman–Crippen MR) is 140 cm³/mol. The van der Waals surface area contributed by atoms with Crippen molar-refractivity contribution in [1.82, 2.24) is 9.97 Å². The van der Waals surface area contributed by atoms with Gasteiger partial charge in [0.25, 0.3) is 0 Å². The fraction of sp³-hybridized carbons (Fsp3) is 0.500. The average molecular weight is 466 g/mol. The number of allylic oxidation sites excluding steroid dienone is 2. The molecule has 2 aromatic heterocycles. The van der Waals surface area contributed by atoms with E-state index in [1.54, 1.807) is 0 Å². The van der Waals surface area contributed by atoms with E-state index in [-0.39, 0.29) is 5.56 Å². The third kappa shape index (κ3) is 6.99. The highest BCUT2D eigenvalue weighted by Crippen LogP contribution is 2.35. The van der Waals surface area contributed by atoms with E-state index in [1.807, 2.05) is 38.1 Å². The van der Waals surface area contributed by atoms with Crippen LogP contribution in [0, 0.1) is 6.92 Å². The van der Waals surface area contributed by atoms with E-state index in [1.165, 1.54) is 51.4 Å². The van der Waals surface area contributed by atoms with Gasteiger partial charge in [-0.25, -0.2) is 4.79 Å². The standard InChI is InChI=1S/C28H39N3O3/c1-4-6-7-8-9-10-11-12-13-14-21-16-17-22(30-21)19-24-27(34-5-2)25(28(32)33)26(31-24)23-18-15-20(3)29-23/h15-19,29,31H,4-14H2,1-3H3,(H,32,33)/b22-19+. The molecule has 6 nitrogen and oxygen atoms in total. The van der Waals surface area contributed by atoms with Crippen molar-refractivity contribution in [3.8, 4) is 17.1 Å². The number of H-pyrrole nitrogens is 2. The molecule has 3 rings (SSSR count). The molecule has 1 aliphatic rings. The molecule has 3 N–H and O–H groups in total. The van der Waals surface area contributed by atoms with Gasteiger partial charge in [0.05, 0.1) is 29.4 Å². The van der Waals surface area contributed by atoms with Crippen LogP contribution in [0.1, 0.15) is 99.8 Å². The molecule has 2 aromatic rings. The topological polar surface area (TPSA) is 90.5 Å². The molecule has 184 valence electrons. The number of aromatic carboxylic acids is 1. The van der Waals surface area contributed by atoms with Crippen molar-refractivity contribution in [2.75, 3.05) is 6.61 Å². The lowest BCUT2D eigenvalue weighted by molar-refractivity contribution is 0.0694. The highest BCUT2D eigenvalue weighted by atomic mass is 16.5. The Bertz CT molecular complexity index is 1040. The van der Waals surface area contributed by atoms with E-state index in [2.05, 4.69) is 23.0 Å². The molecule has 34 heavy (non-hydrogen) atoms. The highest BCUT2D eigenvalue weighted by molar-refractivity contribution is 6.01. The number of aryl methyl sites for hydroxylation is 1. The number of nitrogens with one attached hydrogen (secondary N) is 2. The van der Waals surface area contributed by atoms with Gasteiger partial charge in [-0.1, -0.05) is 58.3 Å². The SMILES string of the molecule is CCCCCCCCCCCC1=N/C(=C/c2[nH]c(-c3ccc(C)[nH]3)c(C(=O)O)c2OCC)C=C1. The quantitative estimate of drug-likeness (QED) is 0.235. The summed E-state index contributed by atoms with van der Waals surface area (Å²) in [6.07, 6.45) is 18.7. The molecule has 0 aliphatic carbocycles. The molecule has 0 bridgehead atoms. The molecule has 1 aliphatic heterocycles. The summed E-state index contributed by atoms with van der Waals surface area (Å²) in [5, 5.41) is 9.89. The van der Waals surface area contributed by atoms with Crippen LogP contribution in [0.2, 0.25) is 0 Å². The third-order valence-electron chi connectivity index (χ3n) is 6.13. The third-order valence-corrected chi connectivity index (χ3v) is 6.13. The first-order valence-corrected chi connectivity index (χ1v) is 12.8. The van der Waals surface area contributed by atoms with Crippen molar-refractivity contribution in [2.45, 2.75) is 85.0 Å². The Morgan fingerprint density at radius 2 is 1.71 bits per heavy atom. The number of aliphatic imine (C=N–C) groups is 1. The Morgan fingerprint density at radius 3 is 2.32 bits per heavy atom. The molecule has 0 amide bonds. The first kappa shape index (κ1) is 25.6. The molecular formula is C28H39N3O3. The summed E-state index contributed by atoms with van der Waals surface area (Å²) in [4.78, 5) is 23.3. The molecule has 0 fully saturated rings. The van der Waals surface area contributed by atoms with Gasteiger partial charge in [0.1, 0.15) is 5.56 Å². The number of carboxylic acids is 1. The minimum absolute atomic E-state index is 0.136. The summed E-state index contributed by atoms with van der Waals surface area (Å²) in [5.41, 5.74) is 4.83. The lowest BCUT2D eigenvalue weighted by Gasteiger charge is -2.04. The normalized spacial score (nSPS) is 14.2. The first-order chi connectivity index (χ1) is 16.5. The highest BCUT2D eigenvalue weighted by Gasteiger charge is 2.25. The van der Waals surface area contributed by atoms with Gasteiger partial charge in [-0.2, -0.15) is 0 Å². The number of hydrogen-bond donors (Lipinski definition) is 3. The number of rotatable bonds is 15. The van der Waals surface area contributed by atoms with E-state index >= 15 is 0 Å². The largest absolute Gasteiger partial charge is 0.491 e. The molecule has 0 radical (unpaired) electrons. The van der Waals surface area contributed by atoms with Crippen LogP contribution < -0.4 is 4.74 Å². The van der Waals surface area contributed by atoms with E-state index in [4.69, 9.17) is 9.73 Å². The zero-order chi connectivity index (χ0) is 24.3. The van der Waals surface area contributed by atoms with E-state index in [9.17, 15) is 9.90 Å². The van der Waals surface area contributed by atoms with Gasteiger partial charge in [0.2, 0.25) is 0 Å². The second-order valence-electron chi connectivity index (χ2n) is 9.00. The van der Waals surface area contributed by atoms with Crippen LogP contribution in [0.4, 0.5) is 0 Å². The smallest absolute Gasteiger partial charge is 0.341 e. The van der Waals surface area contributed by atoms with Gasteiger partial charge >= 0.3 is 5.97 Å². The molecule has 6 heteroatoms. The predicted octanol–water partition coefficient (Wildman–Crippen LogP) is 7.69. The van der Waals surface area contributed by atoms with Gasteiger partial charge in [-0.15, -0.1) is 0 Å². The molecule has 0 unspecified atom stereocenters. The van der Waals surface area contributed by atoms with Crippen LogP contribution in [0.5, 0.6) is 5.75 Å². The Labute approximate surface area is 203 Å². The van der Waals surface area contributed by atoms with E-state index in [0.717, 1.165) is 35.6 Å². The van der Waals surface area contributed by atoms with Crippen LogP contribution in [0.15, 0.2) is 35.0 Å². The maximum atomic E-state index is 12.1. The summed E-state index contributed by atoms with van der Waals surface area (Å²) in [6.45, 7) is 6.42. The lowest BCUT2D eigenvalue weighted by atomic mass is 10.1. The number of aromatic nitrogens is 2. The zero-order valence-electron chi connectivity index (χ0n) is 20.9. The molecule has 0 atom stereocenters. The fourth-order valence-electron chi connectivity index (χ4n) is 4.36. The zero-order valence-corrected chi connectivity index (χ0v) is 20.9. The number of hydrogen-bond acceptors (Lipinski definition) is 3. The van der Waals surface area contributed by atoms with Crippen molar-refractivity contribution < 1.29 is 14.6 Å². The van der Waals surface area contributed by atoms with Crippen LogP contribution in [0.3, 0.4) is 0 Å². The van der Waals surface area contributed by atoms with Crippen molar-refractivity contribution in [1.29, 1.82) is 0 Å². The average Bonchev–Trinajstić information content (AvgIpc) is 3.52.